The summed E-state index contributed by atoms with van der Waals surface area (Å²) >= 11 is 1.37. The number of amides is 1. The summed E-state index contributed by atoms with van der Waals surface area (Å²) in [6, 6.07) is 7.11. The second-order valence-electron chi connectivity index (χ2n) is 5.67. The fraction of sp³-hybridized carbons (Fsp3) is 0.167. The number of carbonyl (C=O) groups is 1. The van der Waals surface area contributed by atoms with Crippen LogP contribution in [0.5, 0.6) is 5.88 Å². The molecule has 6 heteroatoms. The molecule has 3 aromatic rings. The quantitative estimate of drug-likeness (QED) is 0.754. The van der Waals surface area contributed by atoms with Gasteiger partial charge in [-0.1, -0.05) is 17.7 Å². The van der Waals surface area contributed by atoms with Gasteiger partial charge >= 0.3 is 0 Å². The van der Waals surface area contributed by atoms with Gasteiger partial charge < -0.3 is 5.11 Å². The molecule has 0 aliphatic heterocycles. The topological polar surface area (TPSA) is 75.1 Å². The van der Waals surface area contributed by atoms with Crippen molar-refractivity contribution >= 4 is 22.4 Å². The van der Waals surface area contributed by atoms with Crippen LogP contribution in [0.2, 0.25) is 0 Å². The number of benzene rings is 1. The Kier molecular flexibility index (Phi) is 4.31. The Morgan fingerprint density at radius 1 is 1.17 bits per heavy atom. The van der Waals surface area contributed by atoms with Gasteiger partial charge in [0.25, 0.3) is 5.91 Å². The zero-order chi connectivity index (χ0) is 17.3. The zero-order valence-electron chi connectivity index (χ0n) is 13.6. The van der Waals surface area contributed by atoms with Crippen LogP contribution >= 0.6 is 11.3 Å². The van der Waals surface area contributed by atoms with Crippen molar-refractivity contribution in [2.45, 2.75) is 20.8 Å². The number of nitrogens with one attached hydrogen (secondary N) is 1. The van der Waals surface area contributed by atoms with Crippen molar-refractivity contribution in [2.24, 2.45) is 0 Å². The maximum atomic E-state index is 12.2. The van der Waals surface area contributed by atoms with Gasteiger partial charge in [0, 0.05) is 28.8 Å². The fourth-order valence-electron chi connectivity index (χ4n) is 2.76. The van der Waals surface area contributed by atoms with Crippen LogP contribution in [-0.4, -0.2) is 21.0 Å². The first-order valence-corrected chi connectivity index (χ1v) is 8.32. The van der Waals surface area contributed by atoms with Crippen LogP contribution in [0, 0.1) is 20.8 Å². The molecule has 0 atom stereocenters. The van der Waals surface area contributed by atoms with Gasteiger partial charge in [-0.05, 0) is 38.0 Å². The Morgan fingerprint density at radius 2 is 1.88 bits per heavy atom. The van der Waals surface area contributed by atoms with Gasteiger partial charge in [-0.3, -0.25) is 10.1 Å². The fourth-order valence-corrected chi connectivity index (χ4v) is 3.46. The van der Waals surface area contributed by atoms with Gasteiger partial charge in [-0.25, -0.2) is 9.97 Å². The zero-order valence-corrected chi connectivity index (χ0v) is 14.4. The van der Waals surface area contributed by atoms with Crippen LogP contribution in [0.25, 0.3) is 11.3 Å². The van der Waals surface area contributed by atoms with E-state index in [-0.39, 0.29) is 11.8 Å². The summed E-state index contributed by atoms with van der Waals surface area (Å²) in [5.41, 5.74) is 5.82. The minimum Gasteiger partial charge on any atom is -0.493 e. The second-order valence-corrected chi connectivity index (χ2v) is 6.53. The van der Waals surface area contributed by atoms with E-state index in [0.29, 0.717) is 10.7 Å². The number of aromatic hydroxyl groups is 1. The summed E-state index contributed by atoms with van der Waals surface area (Å²) in [5.74, 6) is -0.515. The van der Waals surface area contributed by atoms with Gasteiger partial charge in [0.15, 0.2) is 5.13 Å². The minimum atomic E-state index is -0.328. The molecule has 2 aromatic heterocycles. The molecule has 0 fully saturated rings. The summed E-state index contributed by atoms with van der Waals surface area (Å²) in [6.45, 7) is 6.19. The van der Waals surface area contributed by atoms with E-state index in [9.17, 15) is 9.90 Å². The molecule has 0 radical (unpaired) electrons. The van der Waals surface area contributed by atoms with Crippen molar-refractivity contribution < 1.29 is 9.90 Å². The van der Waals surface area contributed by atoms with Crippen LogP contribution in [0.1, 0.15) is 27.0 Å². The molecule has 0 unspecified atom stereocenters. The van der Waals surface area contributed by atoms with Crippen molar-refractivity contribution in [3.05, 3.63) is 58.1 Å². The van der Waals surface area contributed by atoms with E-state index in [1.54, 1.807) is 0 Å². The SMILES string of the molecule is Cc1cc(C)c(-c2csc(NC(=O)c3ccnc(O)c3)n2)c(C)c1. The monoisotopic (exact) mass is 339 g/mol. The number of aryl methyl sites for hydroxylation is 3. The maximum absolute atomic E-state index is 12.2. The molecule has 0 spiro atoms. The van der Waals surface area contributed by atoms with Gasteiger partial charge in [0.2, 0.25) is 5.88 Å². The van der Waals surface area contributed by atoms with Crippen molar-refractivity contribution in [3.8, 4) is 17.1 Å². The van der Waals surface area contributed by atoms with E-state index in [4.69, 9.17) is 0 Å². The molecule has 0 bridgehead atoms. The van der Waals surface area contributed by atoms with Gasteiger partial charge in [-0.15, -0.1) is 11.3 Å². The Labute approximate surface area is 144 Å². The lowest BCUT2D eigenvalue weighted by Gasteiger charge is -2.08. The van der Waals surface area contributed by atoms with Crippen LogP contribution in [0.3, 0.4) is 0 Å². The number of pyridine rings is 1. The number of carbonyl (C=O) groups excluding carboxylic acids is 1. The molecule has 1 amide bonds. The largest absolute Gasteiger partial charge is 0.493 e. The second kappa shape index (κ2) is 6.41. The highest BCUT2D eigenvalue weighted by atomic mass is 32.1. The third-order valence-electron chi connectivity index (χ3n) is 3.67. The van der Waals surface area contributed by atoms with Crippen LogP contribution in [-0.2, 0) is 0 Å². The Balaban J connectivity index is 1.85. The number of hydrogen-bond donors (Lipinski definition) is 2. The molecule has 0 aliphatic carbocycles. The Hall–Kier alpha value is -2.73. The molecule has 2 N–H and O–H groups in total. The third-order valence-corrected chi connectivity index (χ3v) is 4.42. The van der Waals surface area contributed by atoms with Gasteiger partial charge in [-0.2, -0.15) is 0 Å². The van der Waals surface area contributed by atoms with E-state index in [1.165, 1.54) is 35.2 Å². The minimum absolute atomic E-state index is 0.187. The molecule has 0 aliphatic rings. The molecule has 0 saturated carbocycles. The standard InChI is InChI=1S/C18H17N3O2S/c1-10-6-11(2)16(12(3)7-10)14-9-24-18(20-14)21-17(23)13-4-5-19-15(22)8-13/h4-9H,1-3H3,(H,19,22)(H,20,21,23). The van der Waals surface area contributed by atoms with E-state index in [1.807, 2.05) is 5.38 Å². The van der Waals surface area contributed by atoms with E-state index in [2.05, 4.69) is 48.2 Å². The van der Waals surface area contributed by atoms with E-state index in [0.717, 1.165) is 22.4 Å². The molecule has 1 aromatic carbocycles. The molecule has 2 heterocycles. The number of hydrogen-bond acceptors (Lipinski definition) is 5. The van der Waals surface area contributed by atoms with E-state index < -0.39 is 0 Å². The number of aromatic nitrogens is 2. The Bertz CT molecular complexity index is 895. The smallest absolute Gasteiger partial charge is 0.257 e. The van der Waals surface area contributed by atoms with Gasteiger partial charge in [0.05, 0.1) is 5.69 Å². The molecular formula is C18H17N3O2S. The summed E-state index contributed by atoms with van der Waals surface area (Å²) in [5, 5.41) is 14.6. The molecule has 5 nitrogen and oxygen atoms in total. The first kappa shape index (κ1) is 16.1. The highest BCUT2D eigenvalue weighted by molar-refractivity contribution is 7.14. The third kappa shape index (κ3) is 3.28. The number of thiazole rings is 1. The molecule has 24 heavy (non-hydrogen) atoms. The molecular weight excluding hydrogens is 322 g/mol. The molecule has 3 rings (SSSR count). The predicted molar refractivity (Wildman–Crippen MR) is 95.6 cm³/mol. The maximum Gasteiger partial charge on any atom is 0.257 e. The average molecular weight is 339 g/mol. The van der Waals surface area contributed by atoms with Crippen LogP contribution in [0.4, 0.5) is 5.13 Å². The van der Waals surface area contributed by atoms with Crippen molar-refractivity contribution in [3.63, 3.8) is 0 Å². The lowest BCUT2D eigenvalue weighted by atomic mass is 9.98. The predicted octanol–water partition coefficient (Wildman–Crippen LogP) is 4.09. The highest BCUT2D eigenvalue weighted by Gasteiger charge is 2.13. The van der Waals surface area contributed by atoms with Crippen molar-refractivity contribution in [1.29, 1.82) is 0 Å². The first-order chi connectivity index (χ1) is 11.4. The summed E-state index contributed by atoms with van der Waals surface area (Å²) in [6.07, 6.45) is 1.39. The van der Waals surface area contributed by atoms with Crippen molar-refractivity contribution in [2.75, 3.05) is 5.32 Å². The lowest BCUT2D eigenvalue weighted by molar-refractivity contribution is 0.102. The number of rotatable bonds is 3. The average Bonchev–Trinajstić information content (AvgIpc) is 2.94. The molecule has 122 valence electrons. The lowest BCUT2D eigenvalue weighted by Crippen LogP contribution is -2.11. The summed E-state index contributed by atoms with van der Waals surface area (Å²) in [7, 11) is 0. The molecule has 0 saturated heterocycles. The Morgan fingerprint density at radius 3 is 2.54 bits per heavy atom. The number of anilines is 1. The van der Waals surface area contributed by atoms with Crippen LogP contribution in [0.15, 0.2) is 35.8 Å². The first-order valence-electron chi connectivity index (χ1n) is 7.44. The van der Waals surface area contributed by atoms with Gasteiger partial charge in [0.1, 0.15) is 0 Å². The summed E-state index contributed by atoms with van der Waals surface area (Å²) < 4.78 is 0. The highest BCUT2D eigenvalue weighted by Crippen LogP contribution is 2.31. The summed E-state index contributed by atoms with van der Waals surface area (Å²) in [4.78, 5) is 20.4. The van der Waals surface area contributed by atoms with E-state index >= 15 is 0 Å². The van der Waals surface area contributed by atoms with Crippen molar-refractivity contribution in [1.82, 2.24) is 9.97 Å². The number of nitrogens with zero attached hydrogens (tertiary/aromatic N) is 2. The normalized spacial score (nSPS) is 10.6. The van der Waals surface area contributed by atoms with Crippen LogP contribution < -0.4 is 5.32 Å².